The van der Waals surface area contributed by atoms with E-state index in [9.17, 15) is 9.59 Å². The van der Waals surface area contributed by atoms with Gasteiger partial charge in [-0.2, -0.15) is 0 Å². The van der Waals surface area contributed by atoms with Gasteiger partial charge in [0.05, 0.1) is 0 Å². The molecule has 0 aliphatic rings. The predicted molar refractivity (Wildman–Crippen MR) is 45.4 cm³/mol. The Hall–Kier alpha value is -1.22. The zero-order valence-electron chi connectivity index (χ0n) is 7.33. The molecule has 8 nitrogen and oxygen atoms in total. The van der Waals surface area contributed by atoms with Crippen LogP contribution in [0.5, 0.6) is 0 Å². The fraction of sp³-hybridized carbons (Fsp3) is 0.667. The summed E-state index contributed by atoms with van der Waals surface area (Å²) in [6.07, 6.45) is -4.53. The van der Waals surface area contributed by atoms with Crippen LogP contribution in [-0.2, 0) is 9.59 Å². The number of aliphatic hydroxyl groups is 2. The van der Waals surface area contributed by atoms with E-state index in [4.69, 9.17) is 31.9 Å². The highest BCUT2D eigenvalue weighted by atomic mass is 16.4. The topological polar surface area (TPSA) is 167 Å². The van der Waals surface area contributed by atoms with Crippen molar-refractivity contribution >= 4 is 11.9 Å². The molecule has 0 rings (SSSR count). The molecule has 0 unspecified atom stereocenters. The molecule has 0 aromatic carbocycles. The first-order valence-electron chi connectivity index (χ1n) is 3.60. The molecule has 0 aliphatic heterocycles. The molecule has 0 saturated heterocycles. The third kappa shape index (κ3) is 7.43. The monoisotopic (exact) mass is 210 g/mol. The van der Waals surface area contributed by atoms with Crippen molar-refractivity contribution in [1.29, 1.82) is 0 Å². The Morgan fingerprint density at radius 1 is 0.929 bits per heavy atom. The fourth-order valence-electron chi connectivity index (χ4n) is 0.270. The number of carboxylic acids is 2. The number of aliphatic hydroxyl groups excluding tert-OH is 2. The average Bonchev–Trinajstić information content (AvgIpc) is 2.15. The lowest BCUT2D eigenvalue weighted by molar-refractivity contribution is -0.165. The second kappa shape index (κ2) is 8.38. The zero-order chi connectivity index (χ0) is 11.7. The number of carboxylic acid groups (broad SMARTS) is 2. The van der Waals surface area contributed by atoms with E-state index in [1.165, 1.54) is 0 Å². The van der Waals surface area contributed by atoms with Gasteiger partial charge in [-0.25, -0.2) is 9.59 Å². The van der Waals surface area contributed by atoms with Gasteiger partial charge >= 0.3 is 11.9 Å². The highest BCUT2D eigenvalue weighted by molar-refractivity contribution is 5.82. The minimum absolute atomic E-state index is 0.597. The minimum atomic E-state index is -2.27. The third-order valence-electron chi connectivity index (χ3n) is 0.972. The maximum Gasteiger partial charge on any atom is 0.335 e. The Labute approximate surface area is 79.7 Å². The summed E-state index contributed by atoms with van der Waals surface area (Å²) in [6.45, 7) is 1.19. The molecule has 0 fully saturated rings. The highest BCUT2D eigenvalue weighted by Crippen LogP contribution is 1.92. The first-order chi connectivity index (χ1) is 6.38. The van der Waals surface area contributed by atoms with Gasteiger partial charge in [-0.05, 0) is 0 Å². The van der Waals surface area contributed by atoms with Gasteiger partial charge in [-0.3, -0.25) is 0 Å². The van der Waals surface area contributed by atoms with Gasteiger partial charge in [0.1, 0.15) is 0 Å². The summed E-state index contributed by atoms with van der Waals surface area (Å²) in [5, 5.41) is 32.5. The maximum atomic E-state index is 9.77. The van der Waals surface area contributed by atoms with Gasteiger partial charge in [0, 0.05) is 13.1 Å². The van der Waals surface area contributed by atoms with E-state index in [1.54, 1.807) is 0 Å². The summed E-state index contributed by atoms with van der Waals surface area (Å²) in [6, 6.07) is 0. The fourth-order valence-corrected chi connectivity index (χ4v) is 0.270. The molecule has 0 aliphatic carbocycles. The Morgan fingerprint density at radius 3 is 1.21 bits per heavy atom. The molecule has 0 aromatic heterocycles. The Bertz CT molecular complexity index is 165. The average molecular weight is 210 g/mol. The van der Waals surface area contributed by atoms with Crippen LogP contribution in [0.2, 0.25) is 0 Å². The zero-order valence-corrected chi connectivity index (χ0v) is 7.33. The highest BCUT2D eigenvalue weighted by Gasteiger charge is 2.29. The summed E-state index contributed by atoms with van der Waals surface area (Å²) in [5.74, 6) is -3.54. The Kier molecular flexibility index (Phi) is 9.14. The van der Waals surface area contributed by atoms with Gasteiger partial charge in [0.15, 0.2) is 12.2 Å². The smallest absolute Gasteiger partial charge is 0.335 e. The van der Waals surface area contributed by atoms with Crippen molar-refractivity contribution in [2.24, 2.45) is 11.5 Å². The van der Waals surface area contributed by atoms with Crippen LogP contribution in [0.1, 0.15) is 0 Å². The molecule has 8 heteroatoms. The summed E-state index contributed by atoms with van der Waals surface area (Å²) in [4.78, 5) is 19.5. The van der Waals surface area contributed by atoms with Gasteiger partial charge in [0.2, 0.25) is 0 Å². The van der Waals surface area contributed by atoms with Crippen LogP contribution in [0.25, 0.3) is 0 Å². The van der Waals surface area contributed by atoms with Crippen LogP contribution in [0.3, 0.4) is 0 Å². The molecular formula is C6H14N2O6. The lowest BCUT2D eigenvalue weighted by Crippen LogP contribution is -2.39. The van der Waals surface area contributed by atoms with E-state index in [-0.39, 0.29) is 0 Å². The van der Waals surface area contributed by atoms with E-state index in [0.717, 1.165) is 0 Å². The van der Waals surface area contributed by atoms with Gasteiger partial charge < -0.3 is 31.9 Å². The number of rotatable bonds is 4. The summed E-state index contributed by atoms with van der Waals surface area (Å²) < 4.78 is 0. The van der Waals surface area contributed by atoms with Crippen LogP contribution in [0, 0.1) is 0 Å². The van der Waals surface area contributed by atoms with E-state index in [0.29, 0.717) is 13.1 Å². The van der Waals surface area contributed by atoms with E-state index in [1.807, 2.05) is 0 Å². The van der Waals surface area contributed by atoms with E-state index in [2.05, 4.69) is 0 Å². The van der Waals surface area contributed by atoms with Crippen molar-refractivity contribution in [3.63, 3.8) is 0 Å². The molecule has 0 spiro atoms. The molecule has 0 aromatic rings. The van der Waals surface area contributed by atoms with Crippen LogP contribution in [0.15, 0.2) is 0 Å². The van der Waals surface area contributed by atoms with Crippen molar-refractivity contribution in [3.05, 3.63) is 0 Å². The van der Waals surface area contributed by atoms with Crippen molar-refractivity contribution in [2.45, 2.75) is 12.2 Å². The Morgan fingerprint density at radius 2 is 1.14 bits per heavy atom. The van der Waals surface area contributed by atoms with E-state index >= 15 is 0 Å². The quantitative estimate of drug-likeness (QED) is 0.281. The van der Waals surface area contributed by atoms with Gasteiger partial charge in [-0.15, -0.1) is 0 Å². The molecule has 84 valence electrons. The molecule has 0 radical (unpaired) electrons. The number of hydrogen-bond acceptors (Lipinski definition) is 6. The second-order valence-electron chi connectivity index (χ2n) is 2.14. The van der Waals surface area contributed by atoms with Gasteiger partial charge in [0.25, 0.3) is 0 Å². The lowest BCUT2D eigenvalue weighted by atomic mass is 10.2. The molecule has 2 atom stereocenters. The van der Waals surface area contributed by atoms with Crippen LogP contribution in [-0.4, -0.2) is 57.7 Å². The van der Waals surface area contributed by atoms with Crippen LogP contribution in [0.4, 0.5) is 0 Å². The second-order valence-corrected chi connectivity index (χ2v) is 2.14. The molecule has 0 saturated carbocycles. The normalized spacial score (nSPS) is 13.4. The molecule has 8 N–H and O–H groups in total. The summed E-state index contributed by atoms with van der Waals surface area (Å²) in [5.41, 5.74) is 9.81. The third-order valence-corrected chi connectivity index (χ3v) is 0.972. The maximum absolute atomic E-state index is 9.77. The number of nitrogens with two attached hydrogens (primary N) is 2. The molecule has 0 bridgehead atoms. The number of aliphatic carboxylic acids is 2. The first-order valence-corrected chi connectivity index (χ1v) is 3.60. The molecule has 0 heterocycles. The van der Waals surface area contributed by atoms with Crippen molar-refractivity contribution in [2.75, 3.05) is 13.1 Å². The van der Waals surface area contributed by atoms with E-state index < -0.39 is 24.1 Å². The molecule has 0 amide bonds. The van der Waals surface area contributed by atoms with Crippen LogP contribution < -0.4 is 11.5 Å². The van der Waals surface area contributed by atoms with Crippen molar-refractivity contribution < 1.29 is 30.0 Å². The number of hydrogen-bond donors (Lipinski definition) is 6. The van der Waals surface area contributed by atoms with Gasteiger partial charge in [-0.1, -0.05) is 0 Å². The predicted octanol–water partition coefficient (Wildman–Crippen LogP) is -3.22. The SMILES string of the molecule is NCCN.O=C(O)[C@H](O)[C@@H](O)C(=O)O. The standard InChI is InChI=1S/C4H6O6.C2H8N2/c5-1(3(7)8)2(6)4(9)10;3-1-2-4/h1-2,5-6H,(H,7,8)(H,9,10);1-4H2/t1-,2-;/m1./s1. The number of carbonyl (C=O) groups is 2. The largest absolute Gasteiger partial charge is 0.479 e. The Balaban J connectivity index is 0. The van der Waals surface area contributed by atoms with Crippen LogP contribution >= 0.6 is 0 Å². The summed E-state index contributed by atoms with van der Waals surface area (Å²) in [7, 11) is 0. The molecule has 14 heavy (non-hydrogen) atoms. The summed E-state index contributed by atoms with van der Waals surface area (Å²) >= 11 is 0. The van der Waals surface area contributed by atoms with Crippen molar-refractivity contribution in [1.82, 2.24) is 0 Å². The molecular weight excluding hydrogens is 196 g/mol. The lowest BCUT2D eigenvalue weighted by Gasteiger charge is -2.07. The minimum Gasteiger partial charge on any atom is -0.479 e. The van der Waals surface area contributed by atoms with Crippen molar-refractivity contribution in [3.8, 4) is 0 Å². The first kappa shape index (κ1) is 15.3.